The minimum atomic E-state index is -3.59. The molecule has 1 unspecified atom stereocenters. The average molecular weight is 395 g/mol. The van der Waals surface area contributed by atoms with Crippen LogP contribution in [-0.2, 0) is 15.8 Å². The lowest BCUT2D eigenvalue weighted by Gasteiger charge is -2.19. The molecule has 0 bridgehead atoms. The Hall–Kier alpha value is -2.16. The van der Waals surface area contributed by atoms with Crippen molar-refractivity contribution in [2.75, 3.05) is 18.0 Å². The SMILES string of the molecule is NS(=O)(=O)Cc1ccc(C(=O)NC2CCN(c3ncccc3Cl)C2)cc1. The van der Waals surface area contributed by atoms with Crippen LogP contribution in [-0.4, -0.2) is 38.4 Å². The Morgan fingerprint density at radius 1 is 1.31 bits per heavy atom. The number of hydrogen-bond donors (Lipinski definition) is 2. The highest BCUT2D eigenvalue weighted by Crippen LogP contribution is 2.25. The first-order chi connectivity index (χ1) is 12.3. The Morgan fingerprint density at radius 2 is 2.04 bits per heavy atom. The van der Waals surface area contributed by atoms with Gasteiger partial charge in [-0.05, 0) is 36.2 Å². The predicted octanol–water partition coefficient (Wildman–Crippen LogP) is 1.53. The quantitative estimate of drug-likeness (QED) is 0.800. The fourth-order valence-electron chi connectivity index (χ4n) is 2.93. The molecule has 138 valence electrons. The van der Waals surface area contributed by atoms with Gasteiger partial charge in [0.25, 0.3) is 5.91 Å². The summed E-state index contributed by atoms with van der Waals surface area (Å²) in [6.07, 6.45) is 2.48. The standard InChI is InChI=1S/C17H19ClN4O3S/c18-15-2-1-8-20-16(15)22-9-7-14(10-22)21-17(23)13-5-3-12(4-6-13)11-26(19,24)25/h1-6,8,14H,7,9-11H2,(H,21,23)(H2,19,24,25). The lowest BCUT2D eigenvalue weighted by atomic mass is 10.1. The van der Waals surface area contributed by atoms with Crippen molar-refractivity contribution >= 4 is 33.3 Å². The van der Waals surface area contributed by atoms with Crippen LogP contribution in [0.1, 0.15) is 22.3 Å². The van der Waals surface area contributed by atoms with Gasteiger partial charge in [0.2, 0.25) is 10.0 Å². The van der Waals surface area contributed by atoms with Crippen LogP contribution >= 0.6 is 11.6 Å². The highest BCUT2D eigenvalue weighted by Gasteiger charge is 2.26. The third-order valence-electron chi connectivity index (χ3n) is 4.15. The minimum Gasteiger partial charge on any atom is -0.353 e. The van der Waals surface area contributed by atoms with Crippen LogP contribution in [0, 0.1) is 0 Å². The number of sulfonamides is 1. The lowest BCUT2D eigenvalue weighted by Crippen LogP contribution is -2.37. The third-order valence-corrected chi connectivity index (χ3v) is 5.18. The molecule has 1 saturated heterocycles. The molecule has 1 aromatic carbocycles. The predicted molar refractivity (Wildman–Crippen MR) is 101 cm³/mol. The molecule has 1 fully saturated rings. The number of rotatable bonds is 5. The molecule has 0 saturated carbocycles. The van der Waals surface area contributed by atoms with Crippen molar-refractivity contribution in [2.45, 2.75) is 18.2 Å². The lowest BCUT2D eigenvalue weighted by molar-refractivity contribution is 0.0940. The number of pyridine rings is 1. The molecule has 1 aromatic heterocycles. The van der Waals surface area contributed by atoms with E-state index in [-0.39, 0.29) is 17.7 Å². The van der Waals surface area contributed by atoms with E-state index in [1.807, 2.05) is 4.90 Å². The molecule has 0 aliphatic carbocycles. The number of aromatic nitrogens is 1. The van der Waals surface area contributed by atoms with Crippen LogP contribution in [0.2, 0.25) is 5.02 Å². The van der Waals surface area contributed by atoms with Gasteiger partial charge in [0.05, 0.1) is 10.8 Å². The van der Waals surface area contributed by atoms with Crippen molar-refractivity contribution in [1.29, 1.82) is 0 Å². The maximum absolute atomic E-state index is 12.4. The first-order valence-electron chi connectivity index (χ1n) is 8.07. The zero-order valence-corrected chi connectivity index (χ0v) is 15.5. The molecule has 2 aromatic rings. The first kappa shape index (κ1) is 18.6. The van der Waals surface area contributed by atoms with Gasteiger partial charge in [0.1, 0.15) is 5.82 Å². The molecule has 2 heterocycles. The number of amides is 1. The summed E-state index contributed by atoms with van der Waals surface area (Å²) in [7, 11) is -3.59. The molecule has 1 amide bonds. The van der Waals surface area contributed by atoms with Crippen LogP contribution in [0.3, 0.4) is 0 Å². The van der Waals surface area contributed by atoms with Gasteiger partial charge in [-0.3, -0.25) is 4.79 Å². The zero-order chi connectivity index (χ0) is 18.7. The molecule has 1 atom stereocenters. The summed E-state index contributed by atoms with van der Waals surface area (Å²) in [6.45, 7) is 1.39. The maximum atomic E-state index is 12.4. The van der Waals surface area contributed by atoms with Crippen molar-refractivity contribution < 1.29 is 13.2 Å². The van der Waals surface area contributed by atoms with Gasteiger partial charge in [0.15, 0.2) is 0 Å². The van der Waals surface area contributed by atoms with Crippen LogP contribution in [0.15, 0.2) is 42.6 Å². The number of benzene rings is 1. The monoisotopic (exact) mass is 394 g/mol. The number of carbonyl (C=O) groups is 1. The maximum Gasteiger partial charge on any atom is 0.251 e. The number of carbonyl (C=O) groups excluding carboxylic acids is 1. The number of nitrogens with one attached hydrogen (secondary N) is 1. The smallest absolute Gasteiger partial charge is 0.251 e. The number of nitrogens with zero attached hydrogens (tertiary/aromatic N) is 2. The molecule has 0 radical (unpaired) electrons. The normalized spacial score (nSPS) is 17.3. The molecule has 3 N–H and O–H groups in total. The Bertz CT molecular complexity index is 902. The van der Waals surface area contributed by atoms with Crippen molar-refractivity contribution in [3.8, 4) is 0 Å². The van der Waals surface area contributed by atoms with Gasteiger partial charge >= 0.3 is 0 Å². The van der Waals surface area contributed by atoms with Crippen molar-refractivity contribution in [2.24, 2.45) is 5.14 Å². The van der Waals surface area contributed by atoms with Gasteiger partial charge in [-0.15, -0.1) is 0 Å². The molecule has 3 rings (SSSR count). The molecule has 0 spiro atoms. The highest BCUT2D eigenvalue weighted by molar-refractivity contribution is 7.88. The van der Waals surface area contributed by atoms with Gasteiger partial charge in [0, 0.05) is 30.9 Å². The fraction of sp³-hybridized carbons (Fsp3) is 0.294. The molecular formula is C17H19ClN4O3S. The van der Waals surface area contributed by atoms with E-state index in [4.69, 9.17) is 16.7 Å². The third kappa shape index (κ3) is 4.72. The van der Waals surface area contributed by atoms with Gasteiger partial charge in [-0.2, -0.15) is 0 Å². The Kier molecular flexibility index (Phi) is 5.45. The van der Waals surface area contributed by atoms with Gasteiger partial charge in [-0.1, -0.05) is 23.7 Å². The van der Waals surface area contributed by atoms with E-state index in [1.165, 1.54) is 0 Å². The summed E-state index contributed by atoms with van der Waals surface area (Å²) in [5.74, 6) is 0.265. The largest absolute Gasteiger partial charge is 0.353 e. The number of halogens is 1. The van der Waals surface area contributed by atoms with E-state index >= 15 is 0 Å². The van der Waals surface area contributed by atoms with Crippen LogP contribution < -0.4 is 15.4 Å². The first-order valence-corrected chi connectivity index (χ1v) is 10.2. The average Bonchev–Trinajstić information content (AvgIpc) is 3.02. The second-order valence-electron chi connectivity index (χ2n) is 6.22. The van der Waals surface area contributed by atoms with E-state index in [2.05, 4.69) is 10.3 Å². The van der Waals surface area contributed by atoms with Crippen LogP contribution in [0.25, 0.3) is 0 Å². The summed E-state index contributed by atoms with van der Waals surface area (Å²) in [6, 6.07) is 9.93. The van der Waals surface area contributed by atoms with Crippen molar-refractivity contribution in [3.05, 3.63) is 58.7 Å². The van der Waals surface area contributed by atoms with Crippen molar-refractivity contribution in [3.63, 3.8) is 0 Å². The zero-order valence-electron chi connectivity index (χ0n) is 13.9. The fourth-order valence-corrected chi connectivity index (χ4v) is 3.83. The highest BCUT2D eigenvalue weighted by atomic mass is 35.5. The van der Waals surface area contributed by atoms with E-state index in [1.54, 1.807) is 42.6 Å². The van der Waals surface area contributed by atoms with Gasteiger partial charge in [-0.25, -0.2) is 18.5 Å². The second-order valence-corrected chi connectivity index (χ2v) is 8.24. The number of primary sulfonamides is 1. The molecule has 1 aliphatic rings. The Labute approximate surface area is 157 Å². The van der Waals surface area contributed by atoms with E-state index in [0.717, 1.165) is 18.8 Å². The second kappa shape index (κ2) is 7.61. The van der Waals surface area contributed by atoms with E-state index in [0.29, 0.717) is 22.7 Å². The molecule has 26 heavy (non-hydrogen) atoms. The summed E-state index contributed by atoms with van der Waals surface area (Å²) in [5, 5.41) is 8.60. The summed E-state index contributed by atoms with van der Waals surface area (Å²) in [4.78, 5) is 18.7. The molecule has 1 aliphatic heterocycles. The van der Waals surface area contributed by atoms with Crippen LogP contribution in [0.5, 0.6) is 0 Å². The van der Waals surface area contributed by atoms with Crippen molar-refractivity contribution in [1.82, 2.24) is 10.3 Å². The molecule has 7 nitrogen and oxygen atoms in total. The summed E-state index contributed by atoms with van der Waals surface area (Å²) in [5.41, 5.74) is 1.01. The summed E-state index contributed by atoms with van der Waals surface area (Å²) < 4.78 is 22.2. The van der Waals surface area contributed by atoms with Crippen LogP contribution in [0.4, 0.5) is 5.82 Å². The Morgan fingerprint density at radius 3 is 2.69 bits per heavy atom. The molecule has 9 heteroatoms. The summed E-state index contributed by atoms with van der Waals surface area (Å²) >= 11 is 6.17. The minimum absolute atomic E-state index is 0.00957. The number of nitrogens with two attached hydrogens (primary N) is 1. The van der Waals surface area contributed by atoms with E-state index < -0.39 is 10.0 Å². The Balaban J connectivity index is 1.60. The van der Waals surface area contributed by atoms with Gasteiger partial charge < -0.3 is 10.2 Å². The molecular weight excluding hydrogens is 376 g/mol. The number of anilines is 1. The number of hydrogen-bond acceptors (Lipinski definition) is 5. The topological polar surface area (TPSA) is 105 Å². The van der Waals surface area contributed by atoms with E-state index in [9.17, 15) is 13.2 Å².